The Morgan fingerprint density at radius 3 is 2.50 bits per heavy atom. The summed E-state index contributed by atoms with van der Waals surface area (Å²) in [6, 6.07) is 5.09. The maximum atomic E-state index is 11.8. The summed E-state index contributed by atoms with van der Waals surface area (Å²) >= 11 is 13.4. The van der Waals surface area contributed by atoms with Crippen molar-refractivity contribution in [1.29, 1.82) is 0 Å². The second kappa shape index (κ2) is 8.30. The van der Waals surface area contributed by atoms with E-state index in [1.54, 1.807) is 18.2 Å². The fourth-order valence-corrected chi connectivity index (χ4v) is 4.11. The molecule has 146 valence electrons. The van der Waals surface area contributed by atoms with Gasteiger partial charge in [-0.15, -0.1) is 11.3 Å². The van der Waals surface area contributed by atoms with Crippen LogP contribution in [0.5, 0.6) is 0 Å². The van der Waals surface area contributed by atoms with Crippen molar-refractivity contribution in [3.05, 3.63) is 45.1 Å². The lowest BCUT2D eigenvalue weighted by Crippen LogP contribution is -2.25. The van der Waals surface area contributed by atoms with Gasteiger partial charge < -0.3 is 15.6 Å². The van der Waals surface area contributed by atoms with Crippen LogP contribution in [0.4, 0.5) is 0 Å². The van der Waals surface area contributed by atoms with Crippen molar-refractivity contribution in [3.8, 4) is 22.0 Å². The predicted molar refractivity (Wildman–Crippen MR) is 111 cm³/mol. The van der Waals surface area contributed by atoms with Crippen LogP contribution >= 0.6 is 34.5 Å². The average molecular weight is 438 g/mol. The smallest absolute Gasteiger partial charge is 0.250 e. The lowest BCUT2D eigenvalue weighted by atomic mass is 10.2. The second-order valence-electron chi connectivity index (χ2n) is 6.07. The van der Waals surface area contributed by atoms with Gasteiger partial charge in [0.05, 0.1) is 17.0 Å². The Labute approximate surface area is 175 Å². The Bertz CT molecular complexity index is 1040. The molecule has 3 aromatic rings. The Balaban J connectivity index is 2.00. The van der Waals surface area contributed by atoms with Crippen molar-refractivity contribution in [2.45, 2.75) is 20.4 Å². The van der Waals surface area contributed by atoms with Crippen LogP contribution in [0.2, 0.25) is 10.3 Å². The van der Waals surface area contributed by atoms with Crippen LogP contribution < -0.4 is 11.1 Å². The Morgan fingerprint density at radius 2 is 1.89 bits per heavy atom. The molecule has 3 aromatic heterocycles. The monoisotopic (exact) mass is 437 g/mol. The highest BCUT2D eigenvalue weighted by molar-refractivity contribution is 7.13. The van der Waals surface area contributed by atoms with E-state index in [1.165, 1.54) is 18.3 Å². The van der Waals surface area contributed by atoms with E-state index in [1.807, 2.05) is 16.9 Å². The van der Waals surface area contributed by atoms with Crippen LogP contribution in [0.1, 0.15) is 23.0 Å². The van der Waals surface area contributed by atoms with Gasteiger partial charge in [0.1, 0.15) is 15.3 Å². The van der Waals surface area contributed by atoms with Crippen molar-refractivity contribution in [1.82, 2.24) is 19.9 Å². The zero-order valence-corrected chi connectivity index (χ0v) is 17.5. The van der Waals surface area contributed by atoms with Gasteiger partial charge in [-0.25, -0.2) is 9.97 Å². The largest absolute Gasteiger partial charge is 0.366 e. The number of aromatic nitrogens is 3. The fraction of sp³-hybridized carbons (Fsp3) is 0.222. The van der Waals surface area contributed by atoms with E-state index in [4.69, 9.17) is 28.9 Å². The number of pyridine rings is 1. The quantitative estimate of drug-likeness (QED) is 0.575. The molecular formula is C18H17Cl2N5O2S. The van der Waals surface area contributed by atoms with Gasteiger partial charge >= 0.3 is 0 Å². The Hall–Kier alpha value is -2.42. The summed E-state index contributed by atoms with van der Waals surface area (Å²) < 4.78 is 1.92. The van der Waals surface area contributed by atoms with Gasteiger partial charge in [0.15, 0.2) is 0 Å². The highest BCUT2D eigenvalue weighted by Crippen LogP contribution is 2.33. The van der Waals surface area contributed by atoms with Crippen molar-refractivity contribution < 1.29 is 9.59 Å². The molecule has 0 aliphatic rings. The molecule has 3 N–H and O–H groups in total. The first-order valence-electron chi connectivity index (χ1n) is 8.30. The molecule has 2 amide bonds. The molecule has 0 atom stereocenters. The van der Waals surface area contributed by atoms with Gasteiger partial charge in [-0.3, -0.25) is 9.59 Å². The molecule has 0 fully saturated rings. The van der Waals surface area contributed by atoms with Crippen LogP contribution in [0.25, 0.3) is 22.0 Å². The standard InChI is InChI=1S/C18H17Cl2N5O2S/c1-9-12(17(21)27)7-14(25(9)4-3-22-10(2)26)13-8-28-18(23-13)11-5-15(19)24-16(20)6-11/h5-8H,3-4H2,1-2H3,(H2,21,27)(H,22,26). The molecule has 7 nitrogen and oxygen atoms in total. The summed E-state index contributed by atoms with van der Waals surface area (Å²) in [5.41, 5.74) is 8.82. The highest BCUT2D eigenvalue weighted by atomic mass is 35.5. The van der Waals surface area contributed by atoms with Crippen molar-refractivity contribution >= 4 is 46.4 Å². The van der Waals surface area contributed by atoms with Crippen LogP contribution in [-0.2, 0) is 11.3 Å². The summed E-state index contributed by atoms with van der Waals surface area (Å²) in [5, 5.41) is 5.91. The van der Waals surface area contributed by atoms with E-state index in [0.29, 0.717) is 29.4 Å². The Kier molecular flexibility index (Phi) is 6.02. The minimum atomic E-state index is -0.514. The van der Waals surface area contributed by atoms with E-state index in [0.717, 1.165) is 17.0 Å². The molecule has 0 saturated heterocycles. The summed E-state index contributed by atoms with van der Waals surface area (Å²) in [4.78, 5) is 31.6. The number of carbonyl (C=O) groups is 2. The molecule has 0 saturated carbocycles. The van der Waals surface area contributed by atoms with E-state index >= 15 is 0 Å². The fourth-order valence-electron chi connectivity index (χ4n) is 2.85. The third-order valence-corrected chi connectivity index (χ3v) is 5.40. The first kappa shape index (κ1) is 20.3. The molecule has 0 spiro atoms. The summed E-state index contributed by atoms with van der Waals surface area (Å²) in [7, 11) is 0. The van der Waals surface area contributed by atoms with Gasteiger partial charge in [0.25, 0.3) is 5.91 Å². The van der Waals surface area contributed by atoms with Crippen molar-refractivity contribution in [2.24, 2.45) is 5.73 Å². The maximum absolute atomic E-state index is 11.8. The van der Waals surface area contributed by atoms with Gasteiger partial charge in [-0.1, -0.05) is 23.2 Å². The third-order valence-electron chi connectivity index (χ3n) is 4.12. The molecule has 10 heteroatoms. The minimum Gasteiger partial charge on any atom is -0.366 e. The predicted octanol–water partition coefficient (Wildman–Crippen LogP) is 3.52. The van der Waals surface area contributed by atoms with E-state index in [2.05, 4.69) is 15.3 Å². The molecule has 0 aliphatic heterocycles. The molecule has 0 aliphatic carbocycles. The molecular weight excluding hydrogens is 421 g/mol. The van der Waals surface area contributed by atoms with Crippen LogP contribution in [0.3, 0.4) is 0 Å². The van der Waals surface area contributed by atoms with Crippen LogP contribution in [0, 0.1) is 6.92 Å². The number of nitrogens with two attached hydrogens (primary N) is 1. The normalized spacial score (nSPS) is 10.9. The number of rotatable bonds is 6. The van der Waals surface area contributed by atoms with E-state index in [-0.39, 0.29) is 16.2 Å². The first-order chi connectivity index (χ1) is 13.3. The number of hydrogen-bond acceptors (Lipinski definition) is 5. The number of amides is 2. The second-order valence-corrected chi connectivity index (χ2v) is 7.70. The number of hydrogen-bond donors (Lipinski definition) is 2. The van der Waals surface area contributed by atoms with Gasteiger partial charge in [0, 0.05) is 36.7 Å². The summed E-state index contributed by atoms with van der Waals surface area (Å²) in [6.07, 6.45) is 0. The molecule has 0 aromatic carbocycles. The number of thiazole rings is 1. The molecule has 3 heterocycles. The summed E-state index contributed by atoms with van der Waals surface area (Å²) in [6.45, 7) is 4.17. The highest BCUT2D eigenvalue weighted by Gasteiger charge is 2.19. The first-order valence-corrected chi connectivity index (χ1v) is 9.93. The molecule has 3 rings (SSSR count). The van der Waals surface area contributed by atoms with Gasteiger partial charge in [-0.2, -0.15) is 0 Å². The third kappa shape index (κ3) is 4.35. The number of halogens is 2. The van der Waals surface area contributed by atoms with Gasteiger partial charge in [-0.05, 0) is 25.1 Å². The number of nitrogens with zero attached hydrogens (tertiary/aromatic N) is 3. The lowest BCUT2D eigenvalue weighted by Gasteiger charge is -2.11. The SMILES string of the molecule is CC(=O)NCCn1c(-c2csc(-c3cc(Cl)nc(Cl)c3)n2)cc(C(N)=O)c1C. The van der Waals surface area contributed by atoms with Crippen LogP contribution in [-0.4, -0.2) is 32.9 Å². The zero-order chi connectivity index (χ0) is 20.4. The van der Waals surface area contributed by atoms with E-state index < -0.39 is 5.91 Å². The Morgan fingerprint density at radius 1 is 1.21 bits per heavy atom. The maximum Gasteiger partial charge on any atom is 0.250 e. The average Bonchev–Trinajstić information content (AvgIpc) is 3.19. The minimum absolute atomic E-state index is 0.121. The van der Waals surface area contributed by atoms with Crippen molar-refractivity contribution in [2.75, 3.05) is 6.54 Å². The number of nitrogens with one attached hydrogen (secondary N) is 1. The van der Waals surface area contributed by atoms with Crippen molar-refractivity contribution in [3.63, 3.8) is 0 Å². The lowest BCUT2D eigenvalue weighted by molar-refractivity contribution is -0.118. The number of carbonyl (C=O) groups excluding carboxylic acids is 2. The van der Waals surface area contributed by atoms with E-state index in [9.17, 15) is 9.59 Å². The molecule has 0 unspecified atom stereocenters. The molecule has 0 bridgehead atoms. The zero-order valence-electron chi connectivity index (χ0n) is 15.1. The van der Waals surface area contributed by atoms with Crippen LogP contribution in [0.15, 0.2) is 23.6 Å². The molecule has 0 radical (unpaired) electrons. The molecule has 28 heavy (non-hydrogen) atoms. The topological polar surface area (TPSA) is 103 Å². The summed E-state index contributed by atoms with van der Waals surface area (Å²) in [5.74, 6) is -0.635. The van der Waals surface area contributed by atoms with Gasteiger partial charge in [0.2, 0.25) is 5.91 Å². The number of primary amides is 1.